The molecule has 19 heavy (non-hydrogen) atoms. The van der Waals surface area contributed by atoms with E-state index in [1.807, 2.05) is 0 Å². The molecule has 0 unspecified atom stereocenters. The van der Waals surface area contributed by atoms with Crippen LogP contribution in [0.15, 0.2) is 60.7 Å². The van der Waals surface area contributed by atoms with E-state index in [0.29, 0.717) is 0 Å². The van der Waals surface area contributed by atoms with Gasteiger partial charge in [-0.1, -0.05) is 42.5 Å². The van der Waals surface area contributed by atoms with Gasteiger partial charge in [0, 0.05) is 16.8 Å². The summed E-state index contributed by atoms with van der Waals surface area (Å²) >= 11 is 0. The zero-order valence-corrected chi connectivity index (χ0v) is 10.7. The van der Waals surface area contributed by atoms with Crippen LogP contribution in [-0.4, -0.2) is 4.57 Å². The van der Waals surface area contributed by atoms with Crippen molar-refractivity contribution < 1.29 is 0 Å². The molecule has 3 aromatic rings. The van der Waals surface area contributed by atoms with Crippen LogP contribution >= 0.6 is 0 Å². The van der Waals surface area contributed by atoms with Gasteiger partial charge in [-0.05, 0) is 42.7 Å². The minimum absolute atomic E-state index is 1.15. The summed E-state index contributed by atoms with van der Waals surface area (Å²) < 4.78 is 2.38. The van der Waals surface area contributed by atoms with Crippen LogP contribution in [-0.2, 0) is 6.42 Å². The first kappa shape index (κ1) is 10.6. The average molecular weight is 245 g/mol. The molecule has 1 heteroatoms. The van der Waals surface area contributed by atoms with E-state index in [9.17, 15) is 0 Å². The Morgan fingerprint density at radius 1 is 0.842 bits per heavy atom. The molecule has 1 heterocycles. The van der Waals surface area contributed by atoms with Gasteiger partial charge in [-0.25, -0.2) is 0 Å². The topological polar surface area (TPSA) is 4.93 Å². The molecule has 92 valence electrons. The van der Waals surface area contributed by atoms with Gasteiger partial charge in [-0.15, -0.1) is 0 Å². The van der Waals surface area contributed by atoms with Crippen LogP contribution in [0.2, 0.25) is 0 Å². The summed E-state index contributed by atoms with van der Waals surface area (Å²) in [4.78, 5) is 0. The molecule has 0 radical (unpaired) electrons. The average Bonchev–Trinajstić information content (AvgIpc) is 2.83. The molecule has 1 aliphatic rings. The van der Waals surface area contributed by atoms with Crippen LogP contribution in [0.1, 0.15) is 17.7 Å². The predicted molar refractivity (Wildman–Crippen MR) is 80.6 cm³/mol. The number of para-hydroxylation sites is 2. The van der Waals surface area contributed by atoms with Gasteiger partial charge >= 0.3 is 0 Å². The number of hydrogen-bond acceptors (Lipinski definition) is 0. The van der Waals surface area contributed by atoms with Crippen LogP contribution in [0.4, 0.5) is 0 Å². The quantitative estimate of drug-likeness (QED) is 0.591. The second kappa shape index (κ2) is 4.13. The smallest absolute Gasteiger partial charge is 0.0537 e. The van der Waals surface area contributed by atoms with Gasteiger partial charge in [-0.3, -0.25) is 0 Å². The van der Waals surface area contributed by atoms with E-state index in [1.54, 1.807) is 0 Å². The third kappa shape index (κ3) is 1.55. The highest BCUT2D eigenvalue weighted by atomic mass is 15.0. The van der Waals surface area contributed by atoms with E-state index >= 15 is 0 Å². The number of allylic oxidation sites excluding steroid dienone is 1. The van der Waals surface area contributed by atoms with Gasteiger partial charge in [0.2, 0.25) is 0 Å². The molecule has 0 N–H and O–H groups in total. The molecule has 4 rings (SSSR count). The first-order chi connectivity index (χ1) is 9.45. The molecule has 0 saturated heterocycles. The first-order valence-electron chi connectivity index (χ1n) is 6.79. The van der Waals surface area contributed by atoms with E-state index in [1.165, 1.54) is 27.8 Å². The maximum Gasteiger partial charge on any atom is 0.0537 e. The number of benzene rings is 2. The first-order valence-corrected chi connectivity index (χ1v) is 6.79. The van der Waals surface area contributed by atoms with Crippen molar-refractivity contribution in [3.05, 3.63) is 71.9 Å². The summed E-state index contributed by atoms with van der Waals surface area (Å²) in [6, 6.07) is 19.3. The lowest BCUT2D eigenvalue weighted by atomic mass is 10.0. The highest BCUT2D eigenvalue weighted by Crippen LogP contribution is 2.33. The summed E-state index contributed by atoms with van der Waals surface area (Å²) in [5.41, 5.74) is 5.39. The van der Waals surface area contributed by atoms with E-state index in [-0.39, 0.29) is 0 Å². The third-order valence-corrected chi connectivity index (χ3v) is 3.87. The Balaban J connectivity index is 2.13. The Morgan fingerprint density at radius 2 is 1.63 bits per heavy atom. The largest absolute Gasteiger partial charge is 0.310 e. The number of hydrogen-bond donors (Lipinski definition) is 0. The summed E-state index contributed by atoms with van der Waals surface area (Å²) in [5, 5.41) is 1.39. The van der Waals surface area contributed by atoms with Gasteiger partial charge in [0.15, 0.2) is 0 Å². The molecule has 0 spiro atoms. The monoisotopic (exact) mass is 245 g/mol. The lowest BCUT2D eigenvalue weighted by Crippen LogP contribution is -1.99. The van der Waals surface area contributed by atoms with Crippen LogP contribution in [0.5, 0.6) is 0 Å². The SMILES string of the molecule is C1=Cc2c(c3ccccc3n2-c2ccccc2)CC1. The lowest BCUT2D eigenvalue weighted by Gasteiger charge is -2.11. The van der Waals surface area contributed by atoms with Crippen LogP contribution < -0.4 is 0 Å². The number of aryl methyl sites for hydroxylation is 1. The van der Waals surface area contributed by atoms with Crippen molar-refractivity contribution in [3.63, 3.8) is 0 Å². The van der Waals surface area contributed by atoms with Crippen molar-refractivity contribution in [3.8, 4) is 5.69 Å². The number of rotatable bonds is 1. The van der Waals surface area contributed by atoms with Gasteiger partial charge in [0.25, 0.3) is 0 Å². The third-order valence-electron chi connectivity index (χ3n) is 3.87. The van der Waals surface area contributed by atoms with Crippen molar-refractivity contribution in [2.45, 2.75) is 12.8 Å². The fraction of sp³-hybridized carbons (Fsp3) is 0.111. The van der Waals surface area contributed by atoms with Crippen LogP contribution in [0.25, 0.3) is 22.7 Å². The molecule has 0 amide bonds. The van der Waals surface area contributed by atoms with Crippen molar-refractivity contribution in [2.75, 3.05) is 0 Å². The van der Waals surface area contributed by atoms with Crippen molar-refractivity contribution in [1.82, 2.24) is 4.57 Å². The Labute approximate surface area is 112 Å². The summed E-state index contributed by atoms with van der Waals surface area (Å²) in [6.45, 7) is 0. The molecule has 2 aromatic carbocycles. The fourth-order valence-electron chi connectivity index (χ4n) is 3.04. The summed E-state index contributed by atoms with van der Waals surface area (Å²) in [7, 11) is 0. The van der Waals surface area contributed by atoms with E-state index in [4.69, 9.17) is 0 Å². The molecule has 1 nitrogen and oxygen atoms in total. The van der Waals surface area contributed by atoms with E-state index < -0.39 is 0 Å². The van der Waals surface area contributed by atoms with Crippen LogP contribution in [0, 0.1) is 0 Å². The maximum atomic E-state index is 2.38. The highest BCUT2D eigenvalue weighted by Gasteiger charge is 2.17. The molecule has 0 bridgehead atoms. The number of nitrogens with zero attached hydrogens (tertiary/aromatic N) is 1. The summed E-state index contributed by atoms with van der Waals surface area (Å²) in [6.07, 6.45) is 6.84. The molecule has 1 aliphatic carbocycles. The van der Waals surface area contributed by atoms with Gasteiger partial charge in [0.05, 0.1) is 5.52 Å². The standard InChI is InChI=1S/C18H15N/c1-2-8-14(9-3-1)19-17-12-6-4-10-15(17)16-11-5-7-13-18(16)19/h1-4,6-10,12-13H,5,11H2. The van der Waals surface area contributed by atoms with E-state index in [2.05, 4.69) is 71.3 Å². The lowest BCUT2D eigenvalue weighted by molar-refractivity contribution is 0.967. The Morgan fingerprint density at radius 3 is 2.53 bits per heavy atom. The molecular weight excluding hydrogens is 230 g/mol. The maximum absolute atomic E-state index is 2.38. The van der Waals surface area contributed by atoms with Crippen molar-refractivity contribution in [1.29, 1.82) is 0 Å². The number of aromatic nitrogens is 1. The molecule has 0 atom stereocenters. The minimum Gasteiger partial charge on any atom is -0.310 e. The second-order valence-electron chi connectivity index (χ2n) is 4.99. The highest BCUT2D eigenvalue weighted by molar-refractivity contribution is 5.90. The van der Waals surface area contributed by atoms with Gasteiger partial charge in [-0.2, -0.15) is 0 Å². The minimum atomic E-state index is 1.15. The molecule has 0 fully saturated rings. The van der Waals surface area contributed by atoms with Crippen LogP contribution in [0.3, 0.4) is 0 Å². The molecule has 1 aromatic heterocycles. The second-order valence-corrected chi connectivity index (χ2v) is 4.99. The van der Waals surface area contributed by atoms with E-state index in [0.717, 1.165) is 12.8 Å². The molecule has 0 saturated carbocycles. The zero-order chi connectivity index (χ0) is 12.7. The van der Waals surface area contributed by atoms with Crippen molar-refractivity contribution in [2.24, 2.45) is 0 Å². The Bertz CT molecular complexity index is 763. The van der Waals surface area contributed by atoms with Crippen molar-refractivity contribution >= 4 is 17.0 Å². The Hall–Kier alpha value is -2.28. The predicted octanol–water partition coefficient (Wildman–Crippen LogP) is 4.59. The number of fused-ring (bicyclic) bond motifs is 3. The normalized spacial score (nSPS) is 13.7. The summed E-state index contributed by atoms with van der Waals surface area (Å²) in [5.74, 6) is 0. The fourth-order valence-corrected chi connectivity index (χ4v) is 3.04. The molecule has 0 aliphatic heterocycles. The Kier molecular flexibility index (Phi) is 2.31. The zero-order valence-electron chi connectivity index (χ0n) is 10.7. The van der Waals surface area contributed by atoms with Gasteiger partial charge in [0.1, 0.15) is 0 Å². The molecular formula is C18H15N. The van der Waals surface area contributed by atoms with Gasteiger partial charge < -0.3 is 4.57 Å².